The maximum absolute atomic E-state index is 10.8. The molecule has 2 aromatic rings. The van der Waals surface area contributed by atoms with Crippen LogP contribution >= 0.6 is 8.08 Å². The van der Waals surface area contributed by atoms with Crippen LogP contribution in [0.5, 0.6) is 0 Å². The first-order valence-electron chi connectivity index (χ1n) is 5.17. The van der Waals surface area contributed by atoms with Crippen LogP contribution in [0.15, 0.2) is 60.7 Å². The third-order valence-electron chi connectivity index (χ3n) is 2.53. The average Bonchev–Trinajstić information content (AvgIpc) is 2.38. The third-order valence-corrected chi connectivity index (χ3v) is 2.95. The van der Waals surface area contributed by atoms with E-state index in [0.717, 1.165) is 11.1 Å². The van der Waals surface area contributed by atoms with Crippen molar-refractivity contribution in [3.8, 4) is 0 Å². The van der Waals surface area contributed by atoms with Crippen molar-refractivity contribution in [2.45, 2.75) is 5.92 Å². The molecule has 78 valence electrons. The first-order chi connectivity index (χ1) is 7.92. The normalized spacial score (nSPS) is 10.1. The van der Waals surface area contributed by atoms with Crippen molar-refractivity contribution in [3.63, 3.8) is 0 Å². The molecular formula is C14H12OP+. The van der Waals surface area contributed by atoms with Gasteiger partial charge in [0.2, 0.25) is 0 Å². The van der Waals surface area contributed by atoms with E-state index in [4.69, 9.17) is 0 Å². The van der Waals surface area contributed by atoms with Gasteiger partial charge in [0.15, 0.2) is 0 Å². The molecule has 0 aliphatic rings. The topological polar surface area (TPSA) is 17.1 Å². The Morgan fingerprint density at radius 2 is 1.25 bits per heavy atom. The zero-order valence-electron chi connectivity index (χ0n) is 8.78. The van der Waals surface area contributed by atoms with Gasteiger partial charge in [0.25, 0.3) is 0 Å². The first-order valence-corrected chi connectivity index (χ1v) is 6.05. The number of rotatable bonds is 3. The Morgan fingerprint density at radius 3 is 1.62 bits per heavy atom. The quantitative estimate of drug-likeness (QED) is 0.726. The fraction of sp³-hybridized carbons (Fsp3) is 0.0714. The summed E-state index contributed by atoms with van der Waals surface area (Å²) in [7, 11) is 0.0693. The van der Waals surface area contributed by atoms with Gasteiger partial charge in [-0.15, -0.1) is 0 Å². The van der Waals surface area contributed by atoms with Gasteiger partial charge in [0, 0.05) is 0 Å². The zero-order valence-corrected chi connectivity index (χ0v) is 9.68. The molecule has 0 saturated heterocycles. The van der Waals surface area contributed by atoms with E-state index in [1.807, 2.05) is 36.4 Å². The van der Waals surface area contributed by atoms with Crippen LogP contribution in [0, 0.1) is 0 Å². The summed E-state index contributed by atoms with van der Waals surface area (Å²) in [4.78, 5) is 0. The standard InChI is InChI=1S/C14H12OP/c15-16-11-14(12-7-3-1-4-8-12)13-9-5-2-6-10-13/h1-11,14H/q+1. The minimum absolute atomic E-state index is 0.0693. The van der Waals surface area contributed by atoms with Crippen molar-refractivity contribution in [1.82, 2.24) is 0 Å². The van der Waals surface area contributed by atoms with Gasteiger partial charge in [-0.1, -0.05) is 0 Å². The predicted molar refractivity (Wildman–Crippen MR) is 68.4 cm³/mol. The molecule has 0 aliphatic heterocycles. The van der Waals surface area contributed by atoms with Crippen LogP contribution in [0.1, 0.15) is 17.0 Å². The van der Waals surface area contributed by atoms with Crippen molar-refractivity contribution < 1.29 is 4.57 Å². The molecule has 2 aromatic carbocycles. The van der Waals surface area contributed by atoms with E-state index in [1.165, 1.54) is 0 Å². The second-order valence-corrected chi connectivity index (χ2v) is 4.06. The molecule has 0 fully saturated rings. The molecule has 0 spiro atoms. The molecule has 0 radical (unpaired) electrons. The van der Waals surface area contributed by atoms with Gasteiger partial charge < -0.3 is 0 Å². The van der Waals surface area contributed by atoms with Gasteiger partial charge in [-0.3, -0.25) is 0 Å². The molecule has 0 bridgehead atoms. The third kappa shape index (κ3) is 2.56. The fourth-order valence-corrected chi connectivity index (χ4v) is 2.21. The SMILES string of the molecule is O=[P+]=CC(c1ccccc1)c1ccccc1. The van der Waals surface area contributed by atoms with Crippen LogP contribution in [-0.4, -0.2) is 5.80 Å². The van der Waals surface area contributed by atoms with Crippen LogP contribution < -0.4 is 0 Å². The first kappa shape index (κ1) is 11.0. The molecule has 2 rings (SSSR count). The number of hydrogen-bond acceptors (Lipinski definition) is 1. The van der Waals surface area contributed by atoms with E-state index >= 15 is 0 Å². The molecule has 2 heteroatoms. The second kappa shape index (κ2) is 5.58. The molecule has 0 heterocycles. The van der Waals surface area contributed by atoms with Crippen LogP contribution in [0.25, 0.3) is 0 Å². The van der Waals surface area contributed by atoms with Crippen molar-refractivity contribution in [1.29, 1.82) is 0 Å². The number of benzene rings is 2. The van der Waals surface area contributed by atoms with Gasteiger partial charge in [-0.25, -0.2) is 0 Å². The Hall–Kier alpha value is -1.46. The van der Waals surface area contributed by atoms with E-state index in [0.29, 0.717) is 0 Å². The van der Waals surface area contributed by atoms with Gasteiger partial charge in [0.1, 0.15) is 0 Å². The van der Waals surface area contributed by atoms with Gasteiger partial charge in [-0.2, -0.15) is 0 Å². The predicted octanol–water partition coefficient (Wildman–Crippen LogP) is 3.91. The Kier molecular flexibility index (Phi) is 3.85. The van der Waals surface area contributed by atoms with Crippen LogP contribution in [0.3, 0.4) is 0 Å². The molecular weight excluding hydrogens is 215 g/mol. The maximum atomic E-state index is 10.8. The van der Waals surface area contributed by atoms with E-state index in [-0.39, 0.29) is 14.0 Å². The summed E-state index contributed by atoms with van der Waals surface area (Å²) >= 11 is 0. The zero-order chi connectivity index (χ0) is 11.2. The van der Waals surface area contributed by atoms with Crippen molar-refractivity contribution in [2.75, 3.05) is 0 Å². The van der Waals surface area contributed by atoms with Crippen LogP contribution in [-0.2, 0) is 4.57 Å². The Balaban J connectivity index is 2.43. The van der Waals surface area contributed by atoms with Crippen molar-refractivity contribution in [3.05, 3.63) is 71.8 Å². The van der Waals surface area contributed by atoms with Gasteiger partial charge >= 0.3 is 96.2 Å². The Bertz CT molecular complexity index is 447. The van der Waals surface area contributed by atoms with Crippen molar-refractivity contribution in [2.24, 2.45) is 0 Å². The second-order valence-electron chi connectivity index (χ2n) is 3.55. The van der Waals surface area contributed by atoms with E-state index < -0.39 is 0 Å². The Morgan fingerprint density at radius 1 is 0.812 bits per heavy atom. The minimum atomic E-state index is 0.0693. The summed E-state index contributed by atoms with van der Waals surface area (Å²) in [5.74, 6) is 1.88. The summed E-state index contributed by atoms with van der Waals surface area (Å²) in [5, 5.41) is 0. The average molecular weight is 227 g/mol. The van der Waals surface area contributed by atoms with Crippen molar-refractivity contribution >= 4 is 13.9 Å². The van der Waals surface area contributed by atoms with E-state index in [2.05, 4.69) is 24.3 Å². The van der Waals surface area contributed by atoms with E-state index in [1.54, 1.807) is 5.80 Å². The molecule has 0 aliphatic carbocycles. The molecule has 0 aromatic heterocycles. The summed E-state index contributed by atoms with van der Waals surface area (Å²) in [6, 6.07) is 20.2. The molecule has 0 N–H and O–H groups in total. The summed E-state index contributed by atoms with van der Waals surface area (Å²) < 4.78 is 10.8. The van der Waals surface area contributed by atoms with Crippen LogP contribution in [0.2, 0.25) is 0 Å². The van der Waals surface area contributed by atoms with E-state index in [9.17, 15) is 4.57 Å². The summed E-state index contributed by atoms with van der Waals surface area (Å²) in [6.07, 6.45) is 0. The van der Waals surface area contributed by atoms with Gasteiger partial charge in [-0.05, 0) is 0 Å². The molecule has 1 nitrogen and oxygen atoms in total. The summed E-state index contributed by atoms with van der Waals surface area (Å²) in [6.45, 7) is 0. The molecule has 0 saturated carbocycles. The van der Waals surface area contributed by atoms with Crippen LogP contribution in [0.4, 0.5) is 0 Å². The molecule has 0 atom stereocenters. The molecule has 0 amide bonds. The summed E-state index contributed by atoms with van der Waals surface area (Å²) in [5.41, 5.74) is 2.33. The molecule has 0 unspecified atom stereocenters. The monoisotopic (exact) mass is 227 g/mol. The fourth-order valence-electron chi connectivity index (χ4n) is 1.75. The number of hydrogen-bond donors (Lipinski definition) is 0. The van der Waals surface area contributed by atoms with Gasteiger partial charge in [0.05, 0.1) is 0 Å². The Labute approximate surface area is 96.6 Å². The molecule has 16 heavy (non-hydrogen) atoms.